The van der Waals surface area contributed by atoms with E-state index in [0.29, 0.717) is 4.47 Å². The van der Waals surface area contributed by atoms with Gasteiger partial charge in [-0.15, -0.1) is 0 Å². The van der Waals surface area contributed by atoms with E-state index in [0.717, 1.165) is 6.07 Å². The summed E-state index contributed by atoms with van der Waals surface area (Å²) in [5.74, 6) is -1.93. The van der Waals surface area contributed by atoms with Gasteiger partial charge in [0.2, 0.25) is 0 Å². The fraction of sp³-hybridized carbons (Fsp3) is 0.125. The Labute approximate surface area is 140 Å². The molecule has 0 unspecified atom stereocenters. The third kappa shape index (κ3) is 3.87. The Hall–Kier alpha value is -2.41. The van der Waals surface area contributed by atoms with E-state index in [4.69, 9.17) is 9.47 Å². The monoisotopic (exact) mass is 382 g/mol. The van der Waals surface area contributed by atoms with Crippen LogP contribution in [-0.4, -0.2) is 26.2 Å². The molecule has 0 heterocycles. The molecular weight excluding hydrogens is 371 g/mol. The highest BCUT2D eigenvalue weighted by Gasteiger charge is 2.18. The molecule has 7 heteroatoms. The van der Waals surface area contributed by atoms with Crippen molar-refractivity contribution in [1.29, 1.82) is 0 Å². The highest BCUT2D eigenvalue weighted by molar-refractivity contribution is 9.10. The number of carbonyl (C=O) groups excluding carboxylic acids is 2. The summed E-state index contributed by atoms with van der Waals surface area (Å²) in [6.07, 6.45) is 0. The Balaban J connectivity index is 2.28. The van der Waals surface area contributed by atoms with Gasteiger partial charge in [-0.3, -0.25) is 0 Å². The predicted molar refractivity (Wildman–Crippen MR) is 83.4 cm³/mol. The van der Waals surface area contributed by atoms with Gasteiger partial charge in [0, 0.05) is 4.47 Å². The molecule has 0 saturated carbocycles. The lowest BCUT2D eigenvalue weighted by atomic mass is 10.2. The maximum atomic E-state index is 13.8. The molecule has 0 N–H and O–H groups in total. The first-order valence-electron chi connectivity index (χ1n) is 6.40. The molecule has 0 fully saturated rings. The first-order chi connectivity index (χ1) is 11.0. The van der Waals surface area contributed by atoms with E-state index in [-0.39, 0.29) is 22.6 Å². The molecule has 23 heavy (non-hydrogen) atoms. The third-order valence-electron chi connectivity index (χ3n) is 2.94. The Bertz CT molecular complexity index is 760. The molecule has 0 radical (unpaired) electrons. The minimum atomic E-state index is -0.876. The molecule has 0 aliphatic rings. The molecule has 5 nitrogen and oxygen atoms in total. The van der Waals surface area contributed by atoms with Crippen LogP contribution < -0.4 is 9.47 Å². The summed E-state index contributed by atoms with van der Waals surface area (Å²) in [6.45, 7) is 0. The molecule has 2 aromatic rings. The zero-order valence-electron chi connectivity index (χ0n) is 12.3. The van der Waals surface area contributed by atoms with Crippen LogP contribution in [-0.2, 0) is 4.74 Å². The van der Waals surface area contributed by atoms with Crippen LogP contribution in [0.15, 0.2) is 40.9 Å². The van der Waals surface area contributed by atoms with Crippen molar-refractivity contribution in [2.24, 2.45) is 0 Å². The van der Waals surface area contributed by atoms with Crippen molar-refractivity contribution in [2.75, 3.05) is 14.2 Å². The van der Waals surface area contributed by atoms with Crippen molar-refractivity contribution in [3.63, 3.8) is 0 Å². The number of ether oxygens (including phenoxy) is 3. The summed E-state index contributed by atoms with van der Waals surface area (Å²) in [4.78, 5) is 23.5. The summed E-state index contributed by atoms with van der Waals surface area (Å²) >= 11 is 3.11. The number of halogens is 2. The number of methoxy groups -OCH3 is 2. The molecule has 2 rings (SSSR count). The molecule has 0 saturated heterocycles. The zero-order valence-corrected chi connectivity index (χ0v) is 13.8. The minimum absolute atomic E-state index is 0.0625. The van der Waals surface area contributed by atoms with Gasteiger partial charge < -0.3 is 14.2 Å². The predicted octanol–water partition coefficient (Wildman–Crippen LogP) is 3.60. The quantitative estimate of drug-likeness (QED) is 0.597. The van der Waals surface area contributed by atoms with E-state index >= 15 is 0 Å². The lowest BCUT2D eigenvalue weighted by Gasteiger charge is -2.11. The molecule has 0 amide bonds. The zero-order chi connectivity index (χ0) is 17.0. The van der Waals surface area contributed by atoms with Gasteiger partial charge in [-0.1, -0.05) is 15.9 Å². The molecular formula is C16H12BrFO5. The van der Waals surface area contributed by atoms with Crippen molar-refractivity contribution in [1.82, 2.24) is 0 Å². The third-order valence-corrected chi connectivity index (χ3v) is 3.43. The molecule has 2 aromatic carbocycles. The fourth-order valence-corrected chi connectivity index (χ4v) is 2.14. The van der Waals surface area contributed by atoms with Crippen LogP contribution in [0, 0.1) is 5.82 Å². The highest BCUT2D eigenvalue weighted by Crippen LogP contribution is 2.29. The average Bonchev–Trinajstić information content (AvgIpc) is 2.54. The van der Waals surface area contributed by atoms with Gasteiger partial charge in [-0.2, -0.15) is 0 Å². The summed E-state index contributed by atoms with van der Waals surface area (Å²) in [7, 11) is 2.60. The first-order valence-corrected chi connectivity index (χ1v) is 7.19. The molecule has 0 bridgehead atoms. The van der Waals surface area contributed by atoms with Gasteiger partial charge in [0.1, 0.15) is 5.82 Å². The normalized spacial score (nSPS) is 10.1. The Morgan fingerprint density at radius 1 is 1.00 bits per heavy atom. The summed E-state index contributed by atoms with van der Waals surface area (Å²) in [5, 5.41) is 0. The number of hydrogen-bond donors (Lipinski definition) is 0. The first kappa shape index (κ1) is 17.0. The largest absolute Gasteiger partial charge is 0.493 e. The van der Waals surface area contributed by atoms with E-state index in [1.54, 1.807) is 0 Å². The maximum absolute atomic E-state index is 13.8. The van der Waals surface area contributed by atoms with E-state index in [1.807, 2.05) is 0 Å². The van der Waals surface area contributed by atoms with Crippen LogP contribution in [0.3, 0.4) is 0 Å². The van der Waals surface area contributed by atoms with Gasteiger partial charge in [0.05, 0.1) is 25.3 Å². The lowest BCUT2D eigenvalue weighted by molar-refractivity contribution is 0.0600. The van der Waals surface area contributed by atoms with Crippen LogP contribution in [0.25, 0.3) is 0 Å². The van der Waals surface area contributed by atoms with Crippen molar-refractivity contribution >= 4 is 27.9 Å². The Morgan fingerprint density at radius 3 is 2.35 bits per heavy atom. The van der Waals surface area contributed by atoms with Gasteiger partial charge in [0.25, 0.3) is 0 Å². The van der Waals surface area contributed by atoms with Crippen LogP contribution in [0.2, 0.25) is 0 Å². The highest BCUT2D eigenvalue weighted by atomic mass is 79.9. The molecule has 120 valence electrons. The average molecular weight is 383 g/mol. The molecule has 0 aliphatic carbocycles. The maximum Gasteiger partial charge on any atom is 0.346 e. The minimum Gasteiger partial charge on any atom is -0.493 e. The van der Waals surface area contributed by atoms with Crippen LogP contribution in [0.1, 0.15) is 20.7 Å². The lowest BCUT2D eigenvalue weighted by Crippen LogP contribution is -2.12. The van der Waals surface area contributed by atoms with E-state index in [2.05, 4.69) is 20.7 Å². The van der Waals surface area contributed by atoms with Gasteiger partial charge in [-0.05, 0) is 36.4 Å². The topological polar surface area (TPSA) is 61.8 Å². The molecule has 0 spiro atoms. The van der Waals surface area contributed by atoms with Crippen LogP contribution in [0.4, 0.5) is 4.39 Å². The van der Waals surface area contributed by atoms with Gasteiger partial charge in [0.15, 0.2) is 11.5 Å². The van der Waals surface area contributed by atoms with Gasteiger partial charge >= 0.3 is 11.9 Å². The van der Waals surface area contributed by atoms with Crippen LogP contribution >= 0.6 is 15.9 Å². The number of esters is 2. The molecule has 0 atom stereocenters. The fourth-order valence-electron chi connectivity index (χ4n) is 1.81. The second-order valence-electron chi connectivity index (χ2n) is 4.37. The van der Waals surface area contributed by atoms with E-state index in [1.165, 1.54) is 44.6 Å². The second-order valence-corrected chi connectivity index (χ2v) is 5.29. The second kappa shape index (κ2) is 7.23. The number of benzene rings is 2. The SMILES string of the molecule is COC(=O)c1ccc(OC(=O)c2ccc(Br)cc2F)c(OC)c1. The smallest absolute Gasteiger partial charge is 0.346 e. The van der Waals surface area contributed by atoms with Crippen molar-refractivity contribution < 1.29 is 28.2 Å². The van der Waals surface area contributed by atoms with Gasteiger partial charge in [-0.25, -0.2) is 14.0 Å². The van der Waals surface area contributed by atoms with Crippen LogP contribution in [0.5, 0.6) is 11.5 Å². The number of carbonyl (C=O) groups is 2. The Kier molecular flexibility index (Phi) is 5.33. The number of rotatable bonds is 4. The van der Waals surface area contributed by atoms with E-state index in [9.17, 15) is 14.0 Å². The molecule has 0 aromatic heterocycles. The Morgan fingerprint density at radius 2 is 1.74 bits per heavy atom. The summed E-state index contributed by atoms with van der Waals surface area (Å²) in [6, 6.07) is 8.14. The van der Waals surface area contributed by atoms with Crippen molar-refractivity contribution in [2.45, 2.75) is 0 Å². The van der Waals surface area contributed by atoms with Crippen molar-refractivity contribution in [3.05, 3.63) is 57.8 Å². The van der Waals surface area contributed by atoms with E-state index < -0.39 is 17.8 Å². The number of hydrogen-bond acceptors (Lipinski definition) is 5. The molecule has 0 aliphatic heterocycles. The standard InChI is InChI=1S/C16H12BrFO5/c1-21-14-7-9(15(19)22-2)3-6-13(14)23-16(20)11-5-4-10(17)8-12(11)18/h3-8H,1-2H3. The van der Waals surface area contributed by atoms with Crippen molar-refractivity contribution in [3.8, 4) is 11.5 Å². The summed E-state index contributed by atoms with van der Waals surface area (Å²) < 4.78 is 29.1. The summed E-state index contributed by atoms with van der Waals surface area (Å²) in [5.41, 5.74) is 0.0197.